The van der Waals surface area contributed by atoms with Crippen LogP contribution in [0.25, 0.3) is 0 Å². The van der Waals surface area contributed by atoms with Crippen LogP contribution in [0.2, 0.25) is 0 Å². The Kier molecular flexibility index (Phi) is 4.08. The first kappa shape index (κ1) is 14.6. The van der Waals surface area contributed by atoms with Gasteiger partial charge in [0.15, 0.2) is 5.41 Å². The van der Waals surface area contributed by atoms with Gasteiger partial charge in [-0.1, -0.05) is 19.8 Å². The highest BCUT2D eigenvalue weighted by atomic mass is 19.4. The van der Waals surface area contributed by atoms with Gasteiger partial charge in [0, 0.05) is 13.1 Å². The van der Waals surface area contributed by atoms with Crippen molar-refractivity contribution in [3.63, 3.8) is 0 Å². The molecule has 6 heteroatoms. The van der Waals surface area contributed by atoms with Gasteiger partial charge in [-0.25, -0.2) is 0 Å². The molecular weight excluding hydrogens is 257 g/mol. The van der Waals surface area contributed by atoms with E-state index < -0.39 is 17.5 Å². The summed E-state index contributed by atoms with van der Waals surface area (Å²) < 4.78 is 39.4. The highest BCUT2D eigenvalue weighted by Gasteiger charge is 2.61. The summed E-state index contributed by atoms with van der Waals surface area (Å²) in [5, 5.41) is 5.20. The lowest BCUT2D eigenvalue weighted by molar-refractivity contribution is -0.216. The highest BCUT2D eigenvalue weighted by molar-refractivity contribution is 5.84. The van der Waals surface area contributed by atoms with Crippen LogP contribution in [0, 0.1) is 17.3 Å². The van der Waals surface area contributed by atoms with Crippen molar-refractivity contribution in [1.29, 1.82) is 0 Å². The molecule has 3 atom stereocenters. The third-order valence-electron chi connectivity index (χ3n) is 4.70. The van der Waals surface area contributed by atoms with Crippen molar-refractivity contribution >= 4 is 5.91 Å². The number of nitrogens with one attached hydrogen (secondary N) is 2. The molecule has 0 spiro atoms. The van der Waals surface area contributed by atoms with E-state index in [1.54, 1.807) is 0 Å². The van der Waals surface area contributed by atoms with Crippen LogP contribution in [-0.2, 0) is 4.79 Å². The van der Waals surface area contributed by atoms with E-state index in [-0.39, 0.29) is 19.5 Å². The van der Waals surface area contributed by atoms with Crippen molar-refractivity contribution in [3.8, 4) is 0 Å². The number of carbonyl (C=O) groups excluding carboxylic acids is 1. The predicted molar refractivity (Wildman–Crippen MR) is 65.5 cm³/mol. The minimum absolute atomic E-state index is 0.164. The number of rotatable bonds is 3. The summed E-state index contributed by atoms with van der Waals surface area (Å²) in [6, 6.07) is 0. The monoisotopic (exact) mass is 278 g/mol. The summed E-state index contributed by atoms with van der Waals surface area (Å²) in [4.78, 5) is 12.0. The molecule has 0 aromatic rings. The van der Waals surface area contributed by atoms with Gasteiger partial charge in [-0.2, -0.15) is 13.2 Å². The van der Waals surface area contributed by atoms with Crippen LogP contribution in [0.3, 0.4) is 0 Å². The Balaban J connectivity index is 1.97. The maximum atomic E-state index is 13.1. The molecule has 110 valence electrons. The molecule has 1 aliphatic carbocycles. The normalized spacial score (nSPS) is 35.6. The van der Waals surface area contributed by atoms with Gasteiger partial charge in [0.05, 0.1) is 0 Å². The second-order valence-electron chi connectivity index (χ2n) is 5.88. The van der Waals surface area contributed by atoms with Crippen LogP contribution in [0.15, 0.2) is 0 Å². The molecule has 1 heterocycles. The van der Waals surface area contributed by atoms with Crippen molar-refractivity contribution in [2.45, 2.75) is 38.8 Å². The van der Waals surface area contributed by atoms with Crippen LogP contribution < -0.4 is 10.6 Å². The molecule has 3 unspecified atom stereocenters. The first-order valence-corrected chi connectivity index (χ1v) is 6.92. The summed E-state index contributed by atoms with van der Waals surface area (Å²) >= 11 is 0. The molecule has 0 radical (unpaired) electrons. The third-order valence-corrected chi connectivity index (χ3v) is 4.70. The fraction of sp³-hybridized carbons (Fsp3) is 0.923. The molecule has 2 aliphatic rings. The van der Waals surface area contributed by atoms with E-state index in [0.717, 1.165) is 19.3 Å². The molecule has 2 rings (SSSR count). The van der Waals surface area contributed by atoms with Gasteiger partial charge < -0.3 is 10.6 Å². The number of halogens is 3. The molecule has 2 N–H and O–H groups in total. The zero-order valence-corrected chi connectivity index (χ0v) is 11.1. The first-order valence-electron chi connectivity index (χ1n) is 6.92. The summed E-state index contributed by atoms with van der Waals surface area (Å²) in [5.74, 6) is -0.0449. The van der Waals surface area contributed by atoms with E-state index in [1.807, 2.05) is 0 Å². The Bertz CT molecular complexity index is 337. The minimum Gasteiger partial charge on any atom is -0.355 e. The SMILES string of the molecule is CC1CCCC1CNC(=O)C1(C(F)(F)F)CCNC1. The molecule has 3 nitrogen and oxygen atoms in total. The quantitative estimate of drug-likeness (QED) is 0.830. The highest BCUT2D eigenvalue weighted by Crippen LogP contribution is 2.43. The topological polar surface area (TPSA) is 41.1 Å². The predicted octanol–water partition coefficient (Wildman–Crippen LogP) is 2.08. The van der Waals surface area contributed by atoms with E-state index in [9.17, 15) is 18.0 Å². The molecule has 19 heavy (non-hydrogen) atoms. The lowest BCUT2D eigenvalue weighted by atomic mass is 9.85. The van der Waals surface area contributed by atoms with Crippen molar-refractivity contribution in [2.75, 3.05) is 19.6 Å². The maximum Gasteiger partial charge on any atom is 0.404 e. The summed E-state index contributed by atoms with van der Waals surface area (Å²) in [7, 11) is 0. The number of alkyl halides is 3. The Morgan fingerprint density at radius 3 is 2.63 bits per heavy atom. The first-order chi connectivity index (χ1) is 8.87. The summed E-state index contributed by atoms with van der Waals surface area (Å²) in [6.07, 6.45) is -1.44. The number of amides is 1. The van der Waals surface area contributed by atoms with Gasteiger partial charge in [0.2, 0.25) is 5.91 Å². The standard InChI is InChI=1S/C13H21F3N2O/c1-9-3-2-4-10(9)7-18-11(19)12(13(14,15)16)5-6-17-8-12/h9-10,17H,2-8H2,1H3,(H,18,19). The van der Waals surface area contributed by atoms with Gasteiger partial charge in [-0.05, 0) is 31.2 Å². The average Bonchev–Trinajstić information content (AvgIpc) is 2.94. The Labute approximate surface area is 111 Å². The zero-order valence-electron chi connectivity index (χ0n) is 11.1. The molecule has 1 saturated heterocycles. The lowest BCUT2D eigenvalue weighted by Crippen LogP contribution is -2.53. The van der Waals surface area contributed by atoms with Crippen molar-refractivity contribution in [1.82, 2.24) is 10.6 Å². The molecule has 1 saturated carbocycles. The molecule has 0 aromatic carbocycles. The van der Waals surface area contributed by atoms with Crippen LogP contribution in [0.1, 0.15) is 32.6 Å². The van der Waals surface area contributed by atoms with E-state index in [2.05, 4.69) is 17.6 Å². The third kappa shape index (κ3) is 2.73. The summed E-state index contributed by atoms with van der Waals surface area (Å²) in [6.45, 7) is 2.41. The van der Waals surface area contributed by atoms with Crippen LogP contribution in [0.4, 0.5) is 13.2 Å². The number of carbonyl (C=O) groups is 1. The molecule has 0 aromatic heterocycles. The molecule has 2 fully saturated rings. The Hall–Kier alpha value is -0.780. The van der Waals surface area contributed by atoms with Crippen LogP contribution >= 0.6 is 0 Å². The van der Waals surface area contributed by atoms with E-state index in [1.165, 1.54) is 0 Å². The maximum absolute atomic E-state index is 13.1. The average molecular weight is 278 g/mol. The molecule has 1 aliphatic heterocycles. The van der Waals surface area contributed by atoms with Gasteiger partial charge >= 0.3 is 6.18 Å². The largest absolute Gasteiger partial charge is 0.404 e. The van der Waals surface area contributed by atoms with E-state index in [0.29, 0.717) is 18.4 Å². The fourth-order valence-electron chi connectivity index (χ4n) is 3.17. The number of hydrogen-bond acceptors (Lipinski definition) is 2. The minimum atomic E-state index is -4.48. The smallest absolute Gasteiger partial charge is 0.355 e. The van der Waals surface area contributed by atoms with Crippen LogP contribution in [-0.4, -0.2) is 31.7 Å². The van der Waals surface area contributed by atoms with Gasteiger partial charge in [0.1, 0.15) is 0 Å². The van der Waals surface area contributed by atoms with Gasteiger partial charge in [-0.3, -0.25) is 4.79 Å². The zero-order chi connectivity index (χ0) is 14.1. The fourth-order valence-corrected chi connectivity index (χ4v) is 3.17. The molecule has 0 bridgehead atoms. The van der Waals surface area contributed by atoms with Gasteiger partial charge in [0.25, 0.3) is 0 Å². The second kappa shape index (κ2) is 5.31. The van der Waals surface area contributed by atoms with E-state index in [4.69, 9.17) is 0 Å². The van der Waals surface area contributed by atoms with Crippen LogP contribution in [0.5, 0.6) is 0 Å². The van der Waals surface area contributed by atoms with Crippen molar-refractivity contribution < 1.29 is 18.0 Å². The Morgan fingerprint density at radius 1 is 1.42 bits per heavy atom. The summed E-state index contributed by atoms with van der Waals surface area (Å²) in [5.41, 5.74) is -2.23. The Morgan fingerprint density at radius 2 is 2.16 bits per heavy atom. The van der Waals surface area contributed by atoms with E-state index >= 15 is 0 Å². The van der Waals surface area contributed by atoms with Gasteiger partial charge in [-0.15, -0.1) is 0 Å². The van der Waals surface area contributed by atoms with Crippen molar-refractivity contribution in [3.05, 3.63) is 0 Å². The number of hydrogen-bond donors (Lipinski definition) is 2. The molecule has 1 amide bonds. The second-order valence-corrected chi connectivity index (χ2v) is 5.88. The molecular formula is C13H21F3N2O. The van der Waals surface area contributed by atoms with Crippen molar-refractivity contribution in [2.24, 2.45) is 17.3 Å². The lowest BCUT2D eigenvalue weighted by Gasteiger charge is -2.30.